The minimum atomic E-state index is -0.611. The molecule has 2 atom stereocenters. The Morgan fingerprint density at radius 3 is 2.73 bits per heavy atom. The lowest BCUT2D eigenvalue weighted by atomic mass is 10.00. The van der Waals surface area contributed by atoms with E-state index in [1.165, 1.54) is 25.0 Å². The van der Waals surface area contributed by atoms with Crippen molar-refractivity contribution in [2.45, 2.75) is 64.0 Å². The number of aromatic amines is 1. The summed E-state index contributed by atoms with van der Waals surface area (Å²) in [5, 5.41) is 5.80. The number of fused-ring (bicyclic) bond motifs is 1. The van der Waals surface area contributed by atoms with E-state index in [0.29, 0.717) is 29.3 Å². The van der Waals surface area contributed by atoms with Crippen LogP contribution in [0, 0.1) is 11.7 Å². The minimum absolute atomic E-state index is 0.0240. The van der Waals surface area contributed by atoms with E-state index >= 15 is 4.39 Å². The number of urea groups is 1. The fourth-order valence-electron chi connectivity index (χ4n) is 5.23. The van der Waals surface area contributed by atoms with Gasteiger partial charge < -0.3 is 20.4 Å². The van der Waals surface area contributed by atoms with E-state index < -0.39 is 11.8 Å². The lowest BCUT2D eigenvalue weighted by Gasteiger charge is -2.20. The summed E-state index contributed by atoms with van der Waals surface area (Å²) in [5.74, 6) is 0.317. The van der Waals surface area contributed by atoms with Gasteiger partial charge >= 0.3 is 6.03 Å². The van der Waals surface area contributed by atoms with Crippen LogP contribution in [0.2, 0.25) is 5.02 Å². The molecule has 3 aromatic rings. The molecule has 2 aromatic heterocycles. The van der Waals surface area contributed by atoms with Gasteiger partial charge in [-0.2, -0.15) is 0 Å². The molecule has 194 valence electrons. The maximum absolute atomic E-state index is 15.0. The monoisotopic (exact) mass is 524 g/mol. The lowest BCUT2D eigenvalue weighted by Crippen LogP contribution is -2.33. The molecule has 0 radical (unpaired) electrons. The van der Waals surface area contributed by atoms with Gasteiger partial charge in [0.05, 0.1) is 16.8 Å². The predicted molar refractivity (Wildman–Crippen MR) is 142 cm³/mol. The van der Waals surface area contributed by atoms with Crippen LogP contribution in [0.15, 0.2) is 47.5 Å². The maximum Gasteiger partial charge on any atom is 0.319 e. The number of nitrogens with one attached hydrogen (secondary N) is 3. The summed E-state index contributed by atoms with van der Waals surface area (Å²) in [6.07, 6.45) is 10.3. The van der Waals surface area contributed by atoms with Gasteiger partial charge in [-0.3, -0.25) is 4.79 Å². The molecule has 1 saturated carbocycles. The molecule has 0 aliphatic heterocycles. The van der Waals surface area contributed by atoms with Crippen LogP contribution in [-0.4, -0.2) is 22.1 Å². The standard InChI is InChI=1S/C28H30ClFN4O3/c1-16-6-8-24(21-15-31-26(35)11-18(21)10-16)33-28(36)34-25-13-22(29)20(12-23(25)30)17-7-9-27(32-14-17)37-19-4-2-3-5-19/h7,9,11-16,19,24H,2-6,8,10H2,1H3,(H,31,35)(H2,33,34,36)/t16-,24+/m0/s1. The van der Waals surface area contributed by atoms with Crippen molar-refractivity contribution in [3.63, 3.8) is 0 Å². The molecule has 2 aliphatic rings. The van der Waals surface area contributed by atoms with Gasteiger partial charge in [0.15, 0.2) is 0 Å². The number of carbonyl (C=O) groups excluding carboxylic acids is 1. The van der Waals surface area contributed by atoms with Gasteiger partial charge in [0.1, 0.15) is 11.9 Å². The number of benzene rings is 1. The van der Waals surface area contributed by atoms with Crippen LogP contribution in [0.25, 0.3) is 11.1 Å². The number of amides is 2. The quantitative estimate of drug-likeness (QED) is 0.337. The molecule has 2 heterocycles. The van der Waals surface area contributed by atoms with Crippen molar-refractivity contribution >= 4 is 23.3 Å². The molecule has 37 heavy (non-hydrogen) atoms. The van der Waals surface area contributed by atoms with Crippen LogP contribution >= 0.6 is 11.6 Å². The van der Waals surface area contributed by atoms with Crippen LogP contribution < -0.4 is 20.9 Å². The zero-order valence-corrected chi connectivity index (χ0v) is 21.4. The van der Waals surface area contributed by atoms with E-state index in [-0.39, 0.29) is 28.4 Å². The SMILES string of the molecule is C[C@H]1CC[C@@H](NC(=O)Nc2cc(Cl)c(-c3ccc(OC4CCCC4)nc3)cc2F)c2c[nH]c(=O)cc2C1. The molecular formula is C28H30ClFN4O3. The Morgan fingerprint density at radius 2 is 1.97 bits per heavy atom. The molecule has 5 rings (SSSR count). The number of pyridine rings is 2. The third-order valence-electron chi connectivity index (χ3n) is 7.19. The number of anilines is 1. The highest BCUT2D eigenvalue weighted by Gasteiger charge is 2.24. The van der Waals surface area contributed by atoms with Crippen molar-refractivity contribution in [1.82, 2.24) is 15.3 Å². The third-order valence-corrected chi connectivity index (χ3v) is 7.50. The molecule has 0 spiro atoms. The summed E-state index contributed by atoms with van der Waals surface area (Å²) in [4.78, 5) is 31.7. The summed E-state index contributed by atoms with van der Waals surface area (Å²) in [5.41, 5.74) is 2.73. The fourth-order valence-corrected chi connectivity index (χ4v) is 5.50. The van der Waals surface area contributed by atoms with E-state index in [1.807, 2.05) is 0 Å². The number of H-pyrrole nitrogens is 1. The first-order chi connectivity index (χ1) is 17.9. The van der Waals surface area contributed by atoms with Gasteiger partial charge in [-0.15, -0.1) is 0 Å². The topological polar surface area (TPSA) is 96.1 Å². The Labute approximate surface area is 219 Å². The number of nitrogens with zero attached hydrogens (tertiary/aromatic N) is 1. The molecule has 7 nitrogen and oxygen atoms in total. The average molecular weight is 525 g/mol. The highest BCUT2D eigenvalue weighted by Crippen LogP contribution is 2.34. The van der Waals surface area contributed by atoms with Gasteiger partial charge in [-0.05, 0) is 80.2 Å². The smallest absolute Gasteiger partial charge is 0.319 e. The second-order valence-corrected chi connectivity index (χ2v) is 10.4. The number of rotatable bonds is 5. The molecule has 3 N–H and O–H groups in total. The summed E-state index contributed by atoms with van der Waals surface area (Å²) < 4.78 is 20.9. The third kappa shape index (κ3) is 5.96. The summed E-state index contributed by atoms with van der Waals surface area (Å²) in [6.45, 7) is 2.12. The first kappa shape index (κ1) is 25.3. The Balaban J connectivity index is 1.28. The van der Waals surface area contributed by atoms with Crippen LogP contribution in [0.4, 0.5) is 14.9 Å². The Bertz CT molecular complexity index is 1340. The molecule has 2 aliphatic carbocycles. The van der Waals surface area contributed by atoms with Crippen molar-refractivity contribution in [2.24, 2.45) is 5.92 Å². The summed E-state index contributed by atoms with van der Waals surface area (Å²) in [6, 6.07) is 6.99. The number of ether oxygens (including phenoxy) is 1. The highest BCUT2D eigenvalue weighted by molar-refractivity contribution is 6.33. The van der Waals surface area contributed by atoms with Crippen LogP contribution in [0.5, 0.6) is 5.88 Å². The largest absolute Gasteiger partial charge is 0.474 e. The van der Waals surface area contributed by atoms with Crippen molar-refractivity contribution in [3.05, 3.63) is 75.0 Å². The number of aromatic nitrogens is 2. The summed E-state index contributed by atoms with van der Waals surface area (Å²) >= 11 is 6.48. The predicted octanol–water partition coefficient (Wildman–Crippen LogP) is 6.39. The normalized spacial score (nSPS) is 19.6. The molecule has 1 aromatic carbocycles. The molecule has 0 bridgehead atoms. The first-order valence-electron chi connectivity index (χ1n) is 12.8. The van der Waals surface area contributed by atoms with E-state index in [4.69, 9.17) is 16.3 Å². The molecule has 1 fully saturated rings. The summed E-state index contributed by atoms with van der Waals surface area (Å²) in [7, 11) is 0. The van der Waals surface area contributed by atoms with Gasteiger partial charge in [-0.25, -0.2) is 14.2 Å². The first-order valence-corrected chi connectivity index (χ1v) is 13.1. The zero-order chi connectivity index (χ0) is 25.9. The average Bonchev–Trinajstić information content (AvgIpc) is 3.32. The van der Waals surface area contributed by atoms with E-state index in [2.05, 4.69) is 27.5 Å². The second kappa shape index (κ2) is 10.9. The van der Waals surface area contributed by atoms with Crippen LogP contribution in [0.1, 0.15) is 62.6 Å². The van der Waals surface area contributed by atoms with Crippen molar-refractivity contribution in [2.75, 3.05) is 5.32 Å². The Hall–Kier alpha value is -3.39. The van der Waals surface area contributed by atoms with Crippen LogP contribution in [0.3, 0.4) is 0 Å². The fraction of sp³-hybridized carbons (Fsp3) is 0.393. The van der Waals surface area contributed by atoms with E-state index in [9.17, 15) is 9.59 Å². The zero-order valence-electron chi connectivity index (χ0n) is 20.7. The Kier molecular flexibility index (Phi) is 7.46. The van der Waals surface area contributed by atoms with Gasteiger partial charge in [-0.1, -0.05) is 18.5 Å². The highest BCUT2D eigenvalue weighted by atomic mass is 35.5. The number of carbonyl (C=O) groups is 1. The van der Waals surface area contributed by atoms with E-state index in [0.717, 1.165) is 36.8 Å². The molecule has 9 heteroatoms. The number of hydrogen-bond donors (Lipinski definition) is 3. The maximum atomic E-state index is 15.0. The van der Waals surface area contributed by atoms with Gasteiger partial charge in [0.2, 0.25) is 11.4 Å². The lowest BCUT2D eigenvalue weighted by molar-refractivity contribution is 0.201. The van der Waals surface area contributed by atoms with E-state index in [1.54, 1.807) is 30.6 Å². The van der Waals surface area contributed by atoms with Crippen molar-refractivity contribution in [3.8, 4) is 17.0 Å². The van der Waals surface area contributed by atoms with Crippen molar-refractivity contribution in [1.29, 1.82) is 0 Å². The number of halogens is 2. The van der Waals surface area contributed by atoms with Gasteiger partial charge in [0, 0.05) is 35.7 Å². The molecule has 0 unspecified atom stereocenters. The Morgan fingerprint density at radius 1 is 1.16 bits per heavy atom. The van der Waals surface area contributed by atoms with Crippen molar-refractivity contribution < 1.29 is 13.9 Å². The molecule has 2 amide bonds. The molecular weight excluding hydrogens is 495 g/mol. The van der Waals surface area contributed by atoms with Crippen LogP contribution in [-0.2, 0) is 6.42 Å². The molecule has 0 saturated heterocycles. The van der Waals surface area contributed by atoms with Gasteiger partial charge in [0.25, 0.3) is 0 Å². The number of hydrogen-bond acceptors (Lipinski definition) is 4. The second-order valence-electron chi connectivity index (χ2n) is 10.0. The minimum Gasteiger partial charge on any atom is -0.474 e.